The number of esters is 2. The Kier molecular flexibility index (Phi) is 8.64. The fraction of sp³-hybridized carbons (Fsp3) is 0.756. The maximum atomic E-state index is 13.7. The molecule has 5 fully saturated rings. The second kappa shape index (κ2) is 11.7. The molecule has 1 saturated heterocycles. The van der Waals surface area contributed by atoms with Crippen molar-refractivity contribution in [3.63, 3.8) is 0 Å². The molecule has 1 N–H and O–H groups in total. The quantitative estimate of drug-likeness (QED) is 0.246. The van der Waals surface area contributed by atoms with Gasteiger partial charge in [0.2, 0.25) is 0 Å². The van der Waals surface area contributed by atoms with E-state index in [0.29, 0.717) is 11.8 Å². The van der Waals surface area contributed by atoms with Crippen molar-refractivity contribution in [1.29, 1.82) is 0 Å². The van der Waals surface area contributed by atoms with Crippen molar-refractivity contribution >= 4 is 18.0 Å². The first-order chi connectivity index (χ1) is 21.8. The van der Waals surface area contributed by atoms with E-state index < -0.39 is 5.60 Å². The van der Waals surface area contributed by atoms with Crippen molar-refractivity contribution in [1.82, 2.24) is 0 Å². The van der Waals surface area contributed by atoms with E-state index in [1.54, 1.807) is 6.08 Å². The summed E-state index contributed by atoms with van der Waals surface area (Å²) in [6, 6.07) is 9.91. The van der Waals surface area contributed by atoms with Crippen LogP contribution in [0.1, 0.15) is 126 Å². The Morgan fingerprint density at radius 3 is 2.19 bits per heavy atom. The lowest BCUT2D eigenvalue weighted by Crippen LogP contribution is -2.67. The first-order valence-electron chi connectivity index (χ1n) is 18.4. The molecule has 4 saturated carbocycles. The second-order valence-corrected chi connectivity index (χ2v) is 18.2. The average Bonchev–Trinajstić information content (AvgIpc) is 3.58. The van der Waals surface area contributed by atoms with E-state index >= 15 is 0 Å². The highest BCUT2D eigenvalue weighted by Gasteiger charge is 2.72. The van der Waals surface area contributed by atoms with Crippen LogP contribution >= 0.6 is 0 Å². The molecule has 0 unspecified atom stereocenters. The second-order valence-electron chi connectivity index (χ2n) is 18.2. The molecule has 1 aliphatic heterocycles. The molecule has 0 amide bonds. The van der Waals surface area contributed by atoms with Crippen LogP contribution in [0.2, 0.25) is 0 Å². The number of rotatable bonds is 6. The number of benzene rings is 1. The van der Waals surface area contributed by atoms with Gasteiger partial charge in [-0.15, -0.1) is 0 Å². The van der Waals surface area contributed by atoms with Gasteiger partial charge in [0.05, 0.1) is 17.3 Å². The zero-order valence-electron chi connectivity index (χ0n) is 30.4. The summed E-state index contributed by atoms with van der Waals surface area (Å²) >= 11 is 0. The molecule has 0 aromatic heterocycles. The molecule has 6 rings (SSSR count). The number of ether oxygens (including phenoxy) is 3. The maximum absolute atomic E-state index is 13.7. The zero-order valence-corrected chi connectivity index (χ0v) is 30.4. The third-order valence-electron chi connectivity index (χ3n) is 15.0. The maximum Gasteiger partial charge on any atom is 0.331 e. The summed E-state index contributed by atoms with van der Waals surface area (Å²) in [5, 5.41) is 10.9. The Labute approximate surface area is 283 Å². The Morgan fingerprint density at radius 2 is 1.55 bits per heavy atom. The van der Waals surface area contributed by atoms with Crippen LogP contribution in [0.4, 0.5) is 0 Å². The molecule has 1 aromatic rings. The van der Waals surface area contributed by atoms with E-state index in [4.69, 9.17) is 14.2 Å². The first kappa shape index (κ1) is 34.7. The monoisotopic (exact) mass is 648 g/mol. The number of hydrogen-bond donors (Lipinski definition) is 1. The van der Waals surface area contributed by atoms with Crippen LogP contribution in [0.3, 0.4) is 0 Å². The van der Waals surface area contributed by atoms with Gasteiger partial charge in [-0.3, -0.25) is 4.79 Å². The predicted octanol–water partition coefficient (Wildman–Crippen LogP) is 8.55. The average molecular weight is 649 g/mol. The lowest BCUT2D eigenvalue weighted by Gasteiger charge is -2.70. The van der Waals surface area contributed by atoms with Crippen LogP contribution in [0.5, 0.6) is 0 Å². The Morgan fingerprint density at radius 1 is 0.872 bits per heavy atom. The van der Waals surface area contributed by atoms with Gasteiger partial charge >= 0.3 is 11.9 Å². The van der Waals surface area contributed by atoms with Crippen LogP contribution in [0.15, 0.2) is 36.4 Å². The highest BCUT2D eigenvalue weighted by molar-refractivity contribution is 5.87. The van der Waals surface area contributed by atoms with Crippen molar-refractivity contribution in [2.24, 2.45) is 45.3 Å². The smallest absolute Gasteiger partial charge is 0.331 e. The molecule has 47 heavy (non-hydrogen) atoms. The van der Waals surface area contributed by atoms with Gasteiger partial charge in [0.1, 0.15) is 12.2 Å². The molecule has 260 valence electrons. The third kappa shape index (κ3) is 5.62. The van der Waals surface area contributed by atoms with Gasteiger partial charge < -0.3 is 19.3 Å². The number of aliphatic hydroxyl groups is 1. The summed E-state index contributed by atoms with van der Waals surface area (Å²) in [6.45, 7) is 19.7. The van der Waals surface area contributed by atoms with E-state index in [1.807, 2.05) is 50.3 Å². The molecule has 5 aliphatic rings. The van der Waals surface area contributed by atoms with Crippen molar-refractivity contribution < 1.29 is 28.9 Å². The summed E-state index contributed by atoms with van der Waals surface area (Å²) in [6.07, 6.45) is 11.7. The van der Waals surface area contributed by atoms with Crippen LogP contribution in [0, 0.1) is 45.3 Å². The summed E-state index contributed by atoms with van der Waals surface area (Å²) in [5.41, 5.74) is -0.396. The molecule has 6 nitrogen and oxygen atoms in total. The Bertz CT molecular complexity index is 1380. The Balaban J connectivity index is 1.37. The van der Waals surface area contributed by atoms with Gasteiger partial charge in [-0.05, 0) is 124 Å². The minimum Gasteiger partial charge on any atom is -0.462 e. The van der Waals surface area contributed by atoms with Gasteiger partial charge in [0.15, 0.2) is 0 Å². The fourth-order valence-corrected chi connectivity index (χ4v) is 12.5. The molecular formula is C41H60O6. The van der Waals surface area contributed by atoms with Crippen molar-refractivity contribution in [2.75, 3.05) is 0 Å². The van der Waals surface area contributed by atoms with E-state index in [-0.39, 0.29) is 69.3 Å². The lowest BCUT2D eigenvalue weighted by molar-refractivity contribution is -0.253. The molecule has 0 spiro atoms. The summed E-state index contributed by atoms with van der Waals surface area (Å²) in [7, 11) is 0. The van der Waals surface area contributed by atoms with Crippen molar-refractivity contribution in [3.05, 3.63) is 42.0 Å². The lowest BCUT2D eigenvalue weighted by atomic mass is 9.35. The van der Waals surface area contributed by atoms with Crippen LogP contribution in [-0.2, 0) is 23.8 Å². The van der Waals surface area contributed by atoms with Crippen LogP contribution in [-0.4, -0.2) is 46.6 Å². The molecule has 11 atom stereocenters. The number of carbonyl (C=O) groups excluding carboxylic acids is 2. The predicted molar refractivity (Wildman–Crippen MR) is 184 cm³/mol. The van der Waals surface area contributed by atoms with Gasteiger partial charge in [-0.2, -0.15) is 0 Å². The van der Waals surface area contributed by atoms with Crippen LogP contribution in [0.25, 0.3) is 6.08 Å². The molecule has 1 heterocycles. The van der Waals surface area contributed by atoms with E-state index in [2.05, 4.69) is 41.5 Å². The van der Waals surface area contributed by atoms with Gasteiger partial charge in [-0.1, -0.05) is 65.0 Å². The van der Waals surface area contributed by atoms with Gasteiger partial charge in [0, 0.05) is 24.3 Å². The molecule has 4 aliphatic carbocycles. The molecular weight excluding hydrogens is 588 g/mol. The number of hydrogen-bond acceptors (Lipinski definition) is 6. The fourth-order valence-electron chi connectivity index (χ4n) is 12.5. The minimum absolute atomic E-state index is 0.0313. The summed E-state index contributed by atoms with van der Waals surface area (Å²) in [5.74, 6) is 0.690. The van der Waals surface area contributed by atoms with E-state index in [9.17, 15) is 14.7 Å². The molecule has 6 heteroatoms. The molecule has 0 radical (unpaired) electrons. The van der Waals surface area contributed by atoms with Gasteiger partial charge in [0.25, 0.3) is 0 Å². The minimum atomic E-state index is -0.901. The number of carbonyl (C=O) groups is 2. The Hall–Kier alpha value is -2.18. The standard InChI is InChI=1S/C41H60O6/c1-26(42)45-32-19-21-38(6)30(36(32,2)3)18-23-39(7)31(38)25-29(46-34(43)16-15-27-13-11-10-12-14-27)35-28(17-22-40(35,39)8)41(9)24-20-33(47-41)37(4,5)44/h10-16,28-33,35,44H,17-25H2,1-9H3/b16-15+/t28-,29+,30-,31+,32-,33-,35-,38-,39+,40+,41-/m0/s1. The highest BCUT2D eigenvalue weighted by Crippen LogP contribution is 2.76. The highest BCUT2D eigenvalue weighted by atomic mass is 16.6. The third-order valence-corrected chi connectivity index (χ3v) is 15.0. The zero-order chi connectivity index (χ0) is 34.2. The molecule has 0 bridgehead atoms. The normalized spacial score (nSPS) is 44.3. The first-order valence-corrected chi connectivity index (χ1v) is 18.4. The molecule has 1 aromatic carbocycles. The summed E-state index contributed by atoms with van der Waals surface area (Å²) in [4.78, 5) is 25.8. The topological polar surface area (TPSA) is 82.1 Å². The van der Waals surface area contributed by atoms with Gasteiger partial charge in [-0.25, -0.2) is 4.79 Å². The SMILES string of the molecule is CC(=O)O[C@H]1CC[C@]2(C)[C@H]3C[C@@H](OC(=O)/C=C/c4ccccc4)[C@@H]4[C@@H]([C@]5(C)CC[C@@H](C(C)(C)O)O5)CC[C@@]4(C)[C@]3(C)CC[C@H]2C1(C)C. The van der Waals surface area contributed by atoms with E-state index in [0.717, 1.165) is 63.4 Å². The number of fused-ring (bicyclic) bond motifs is 5. The van der Waals surface area contributed by atoms with Crippen molar-refractivity contribution in [3.8, 4) is 0 Å². The van der Waals surface area contributed by atoms with E-state index in [1.165, 1.54) is 6.92 Å². The van der Waals surface area contributed by atoms with Crippen LogP contribution < -0.4 is 0 Å². The largest absolute Gasteiger partial charge is 0.462 e. The van der Waals surface area contributed by atoms with Crippen molar-refractivity contribution in [2.45, 2.75) is 150 Å². The summed E-state index contributed by atoms with van der Waals surface area (Å²) < 4.78 is 19.5.